The van der Waals surface area contributed by atoms with Gasteiger partial charge >= 0.3 is 0 Å². The number of benzene rings is 2. The Labute approximate surface area is 145 Å². The molecule has 3 rings (SSSR count). The van der Waals surface area contributed by atoms with Crippen molar-refractivity contribution in [2.24, 2.45) is 0 Å². The lowest BCUT2D eigenvalue weighted by Gasteiger charge is -2.07. The summed E-state index contributed by atoms with van der Waals surface area (Å²) in [6, 6.07) is 15.9. The molecule has 0 saturated heterocycles. The number of amides is 1. The normalized spacial score (nSPS) is 10.5. The monoisotopic (exact) mass is 338 g/mol. The van der Waals surface area contributed by atoms with Crippen molar-refractivity contribution < 1.29 is 4.79 Å². The summed E-state index contributed by atoms with van der Waals surface area (Å²) in [5.41, 5.74) is 4.16. The van der Waals surface area contributed by atoms with Crippen LogP contribution in [0.15, 0.2) is 61.2 Å². The number of carbonyl (C=O) groups excluding carboxylic acids is 1. The molecule has 0 aliphatic heterocycles. The first-order chi connectivity index (χ1) is 11.7. The van der Waals surface area contributed by atoms with Gasteiger partial charge in [0.1, 0.15) is 12.7 Å². The van der Waals surface area contributed by atoms with Crippen molar-refractivity contribution in [2.45, 2.75) is 12.7 Å². The van der Waals surface area contributed by atoms with Crippen LogP contribution in [0.3, 0.4) is 0 Å². The van der Waals surface area contributed by atoms with Crippen LogP contribution in [0.25, 0.3) is 5.69 Å². The third kappa shape index (κ3) is 4.45. The molecule has 0 aliphatic carbocycles. The van der Waals surface area contributed by atoms with Gasteiger partial charge in [-0.15, -0.1) is 11.8 Å². The van der Waals surface area contributed by atoms with Crippen molar-refractivity contribution in [2.75, 3.05) is 11.1 Å². The second-order valence-electron chi connectivity index (χ2n) is 5.41. The van der Waals surface area contributed by atoms with Crippen LogP contribution in [0.2, 0.25) is 0 Å². The van der Waals surface area contributed by atoms with E-state index >= 15 is 0 Å². The van der Waals surface area contributed by atoms with Crippen molar-refractivity contribution in [1.29, 1.82) is 0 Å². The molecule has 24 heavy (non-hydrogen) atoms. The third-order valence-corrected chi connectivity index (χ3v) is 4.46. The Kier molecular flexibility index (Phi) is 5.28. The molecule has 0 atom stereocenters. The van der Waals surface area contributed by atoms with Crippen molar-refractivity contribution in [1.82, 2.24) is 14.8 Å². The summed E-state index contributed by atoms with van der Waals surface area (Å²) >= 11 is 1.61. The highest BCUT2D eigenvalue weighted by Gasteiger charge is 2.04. The molecule has 1 aromatic heterocycles. The van der Waals surface area contributed by atoms with Crippen molar-refractivity contribution >= 4 is 23.4 Å². The van der Waals surface area contributed by atoms with Gasteiger partial charge in [0.2, 0.25) is 5.91 Å². The molecule has 0 spiro atoms. The zero-order chi connectivity index (χ0) is 16.8. The minimum absolute atomic E-state index is 0.000572. The van der Waals surface area contributed by atoms with Crippen LogP contribution in [0, 0.1) is 6.92 Å². The number of carbonyl (C=O) groups is 1. The Morgan fingerprint density at radius 2 is 1.88 bits per heavy atom. The maximum atomic E-state index is 12.0. The summed E-state index contributed by atoms with van der Waals surface area (Å²) in [7, 11) is 0. The summed E-state index contributed by atoms with van der Waals surface area (Å²) in [5.74, 6) is 1.26. The fourth-order valence-electron chi connectivity index (χ4n) is 2.18. The molecular weight excluding hydrogens is 320 g/mol. The fraction of sp³-hybridized carbons (Fsp3) is 0.167. The Morgan fingerprint density at radius 3 is 2.54 bits per heavy atom. The molecule has 5 nitrogen and oxygen atoms in total. The van der Waals surface area contributed by atoms with Gasteiger partial charge in [-0.05, 0) is 36.8 Å². The molecule has 1 amide bonds. The second kappa shape index (κ2) is 7.79. The molecule has 0 unspecified atom stereocenters. The van der Waals surface area contributed by atoms with Gasteiger partial charge < -0.3 is 5.32 Å². The van der Waals surface area contributed by atoms with Crippen molar-refractivity contribution in [3.63, 3.8) is 0 Å². The Hall–Kier alpha value is -2.60. The Balaban J connectivity index is 1.47. The molecule has 1 heterocycles. The van der Waals surface area contributed by atoms with Gasteiger partial charge in [-0.3, -0.25) is 4.79 Å². The maximum absolute atomic E-state index is 12.0. The highest BCUT2D eigenvalue weighted by Crippen LogP contribution is 2.15. The Morgan fingerprint density at radius 1 is 1.12 bits per heavy atom. The average molecular weight is 338 g/mol. The lowest BCUT2D eigenvalue weighted by Crippen LogP contribution is -2.14. The molecular formula is C18H18N4OS. The summed E-state index contributed by atoms with van der Waals surface area (Å²) < 4.78 is 1.67. The standard InChI is InChI=1S/C18H18N4OS/c1-14-2-4-15(5-3-14)10-24-11-18(23)21-16-6-8-17(9-7-16)22-13-19-12-20-22/h2-9,12-13H,10-11H2,1H3,(H,21,23). The SMILES string of the molecule is Cc1ccc(CSCC(=O)Nc2ccc(-n3cncn3)cc2)cc1. The number of aromatic nitrogens is 3. The summed E-state index contributed by atoms with van der Waals surface area (Å²) in [4.78, 5) is 15.9. The minimum Gasteiger partial charge on any atom is -0.325 e. The molecule has 0 radical (unpaired) electrons. The summed E-state index contributed by atoms with van der Waals surface area (Å²) in [5, 5.41) is 6.97. The van der Waals surface area contributed by atoms with E-state index in [4.69, 9.17) is 0 Å². The molecule has 0 fully saturated rings. The minimum atomic E-state index is 0.000572. The van der Waals surface area contributed by atoms with Crippen LogP contribution in [0.1, 0.15) is 11.1 Å². The number of anilines is 1. The quantitative estimate of drug-likeness (QED) is 0.748. The molecule has 122 valence electrons. The number of nitrogens with zero attached hydrogens (tertiary/aromatic N) is 3. The van der Waals surface area contributed by atoms with Gasteiger partial charge in [0.05, 0.1) is 11.4 Å². The predicted octanol–water partition coefficient (Wildman–Crippen LogP) is 3.45. The van der Waals surface area contributed by atoms with Crippen LogP contribution in [0.4, 0.5) is 5.69 Å². The van der Waals surface area contributed by atoms with E-state index in [1.165, 1.54) is 17.5 Å². The first kappa shape index (κ1) is 16.3. The van der Waals surface area contributed by atoms with Crippen molar-refractivity contribution in [3.05, 3.63) is 72.3 Å². The van der Waals surface area contributed by atoms with E-state index in [9.17, 15) is 4.79 Å². The lowest BCUT2D eigenvalue weighted by atomic mass is 10.2. The number of hydrogen-bond acceptors (Lipinski definition) is 4. The first-order valence-electron chi connectivity index (χ1n) is 7.59. The highest BCUT2D eigenvalue weighted by atomic mass is 32.2. The molecule has 3 aromatic rings. The topological polar surface area (TPSA) is 59.8 Å². The van der Waals surface area contributed by atoms with Crippen LogP contribution < -0.4 is 5.32 Å². The van der Waals surface area contributed by atoms with Crippen LogP contribution in [0.5, 0.6) is 0 Å². The summed E-state index contributed by atoms with van der Waals surface area (Å²) in [6.07, 6.45) is 3.12. The molecule has 0 saturated carbocycles. The van der Waals surface area contributed by atoms with E-state index in [2.05, 4.69) is 46.6 Å². The van der Waals surface area contributed by atoms with E-state index in [-0.39, 0.29) is 5.91 Å². The number of aryl methyl sites for hydroxylation is 1. The largest absolute Gasteiger partial charge is 0.325 e. The molecule has 6 heteroatoms. The fourth-order valence-corrected chi connectivity index (χ4v) is 2.97. The Bertz CT molecular complexity index is 783. The number of thioether (sulfide) groups is 1. The molecule has 0 bridgehead atoms. The van der Waals surface area contributed by atoms with E-state index in [0.717, 1.165) is 17.1 Å². The first-order valence-corrected chi connectivity index (χ1v) is 8.74. The predicted molar refractivity (Wildman–Crippen MR) is 97.3 cm³/mol. The number of rotatable bonds is 6. The van der Waals surface area contributed by atoms with E-state index < -0.39 is 0 Å². The molecule has 0 aliphatic rings. The van der Waals surface area contributed by atoms with Crippen molar-refractivity contribution in [3.8, 4) is 5.69 Å². The highest BCUT2D eigenvalue weighted by molar-refractivity contribution is 7.99. The lowest BCUT2D eigenvalue weighted by molar-refractivity contribution is -0.113. The van der Waals surface area contributed by atoms with Gasteiger partial charge in [-0.1, -0.05) is 29.8 Å². The van der Waals surface area contributed by atoms with Gasteiger partial charge in [0.25, 0.3) is 0 Å². The van der Waals surface area contributed by atoms with Gasteiger partial charge in [-0.2, -0.15) is 5.10 Å². The molecule has 2 aromatic carbocycles. The van der Waals surface area contributed by atoms with Gasteiger partial charge in [-0.25, -0.2) is 9.67 Å². The third-order valence-electron chi connectivity index (χ3n) is 3.46. The zero-order valence-corrected chi connectivity index (χ0v) is 14.2. The van der Waals surface area contributed by atoms with E-state index in [1.54, 1.807) is 22.8 Å². The van der Waals surface area contributed by atoms with Crippen LogP contribution >= 0.6 is 11.8 Å². The number of nitrogens with one attached hydrogen (secondary N) is 1. The van der Waals surface area contributed by atoms with Gasteiger partial charge in [0, 0.05) is 11.4 Å². The average Bonchev–Trinajstić information content (AvgIpc) is 3.12. The van der Waals surface area contributed by atoms with E-state index in [1.807, 2.05) is 24.3 Å². The van der Waals surface area contributed by atoms with Crippen LogP contribution in [-0.4, -0.2) is 26.4 Å². The zero-order valence-electron chi connectivity index (χ0n) is 13.3. The number of hydrogen-bond donors (Lipinski definition) is 1. The smallest absolute Gasteiger partial charge is 0.234 e. The van der Waals surface area contributed by atoms with E-state index in [0.29, 0.717) is 5.75 Å². The molecule has 1 N–H and O–H groups in total. The van der Waals surface area contributed by atoms with Gasteiger partial charge in [0.15, 0.2) is 0 Å². The maximum Gasteiger partial charge on any atom is 0.234 e. The van der Waals surface area contributed by atoms with Crippen LogP contribution in [-0.2, 0) is 10.5 Å². The summed E-state index contributed by atoms with van der Waals surface area (Å²) in [6.45, 7) is 2.07. The second-order valence-corrected chi connectivity index (χ2v) is 6.40.